The summed E-state index contributed by atoms with van der Waals surface area (Å²) in [5.74, 6) is 0.707. The number of benzene rings is 4. The van der Waals surface area contributed by atoms with Crippen molar-refractivity contribution >= 4 is 12.2 Å². The molecular weight excluding hydrogens is 519 g/mol. The topological polar surface area (TPSA) is 73.6 Å². The van der Waals surface area contributed by atoms with Crippen molar-refractivity contribution in [3.8, 4) is 22.6 Å². The highest BCUT2D eigenvalue weighted by molar-refractivity contribution is 5.84. The quantitative estimate of drug-likeness (QED) is 0.202. The monoisotopic (exact) mass is 548 g/mol. The maximum atomic E-state index is 14.0. The molecule has 0 saturated carbocycles. The molecule has 0 aliphatic carbocycles. The molecule has 0 unspecified atom stereocenters. The maximum absolute atomic E-state index is 14.0. The van der Waals surface area contributed by atoms with Crippen molar-refractivity contribution in [3.05, 3.63) is 147 Å². The van der Waals surface area contributed by atoms with Crippen LogP contribution in [0.4, 0.5) is 4.39 Å². The van der Waals surface area contributed by atoms with Crippen molar-refractivity contribution in [2.24, 2.45) is 0 Å². The summed E-state index contributed by atoms with van der Waals surface area (Å²) >= 11 is 0. The molecule has 0 bridgehead atoms. The van der Waals surface area contributed by atoms with Gasteiger partial charge in [-0.3, -0.25) is 4.79 Å². The molecule has 1 heterocycles. The van der Waals surface area contributed by atoms with Crippen LogP contribution in [0.3, 0.4) is 0 Å². The van der Waals surface area contributed by atoms with Crippen molar-refractivity contribution < 1.29 is 19.0 Å². The van der Waals surface area contributed by atoms with E-state index >= 15 is 0 Å². The fourth-order valence-corrected chi connectivity index (χ4v) is 4.65. The lowest BCUT2D eigenvalue weighted by atomic mass is 9.97. The third-order valence-electron chi connectivity index (χ3n) is 6.56. The van der Waals surface area contributed by atoms with Crippen molar-refractivity contribution in [2.45, 2.75) is 20.1 Å². The molecule has 5 rings (SSSR count). The van der Waals surface area contributed by atoms with Crippen LogP contribution in [0, 0.1) is 12.7 Å². The minimum absolute atomic E-state index is 0.128. The van der Waals surface area contributed by atoms with E-state index in [4.69, 9.17) is 9.47 Å². The number of hydrogen-bond acceptors (Lipinski definition) is 5. The molecule has 6 nitrogen and oxygen atoms in total. The van der Waals surface area contributed by atoms with Gasteiger partial charge in [0, 0.05) is 16.7 Å². The Kier molecular flexibility index (Phi) is 8.67. The molecule has 1 N–H and O–H groups in total. The Labute approximate surface area is 237 Å². The molecule has 0 radical (unpaired) electrons. The fraction of sp³-hybridized carbons (Fsp3) is 0.118. The average molecular weight is 549 g/mol. The number of aliphatic hydroxyl groups is 1. The van der Waals surface area contributed by atoms with Crippen molar-refractivity contribution in [1.82, 2.24) is 9.78 Å². The van der Waals surface area contributed by atoms with Gasteiger partial charge in [-0.2, -0.15) is 5.10 Å². The van der Waals surface area contributed by atoms with E-state index in [1.807, 2.05) is 73.7 Å². The highest BCUT2D eigenvalue weighted by atomic mass is 19.1. The van der Waals surface area contributed by atoms with Gasteiger partial charge < -0.3 is 14.6 Å². The van der Waals surface area contributed by atoms with Crippen LogP contribution >= 0.6 is 0 Å². The molecule has 0 amide bonds. The number of aliphatic hydroxyl groups excluding tert-OH is 1. The molecular formula is C34H29FN2O4. The Hall–Kier alpha value is -5.01. The van der Waals surface area contributed by atoms with Gasteiger partial charge in [0.1, 0.15) is 23.9 Å². The summed E-state index contributed by atoms with van der Waals surface area (Å²) in [5, 5.41) is 14.0. The van der Waals surface area contributed by atoms with Crippen LogP contribution < -0.4 is 15.0 Å². The van der Waals surface area contributed by atoms with Crippen molar-refractivity contribution in [1.29, 1.82) is 0 Å². The Morgan fingerprint density at radius 3 is 2.37 bits per heavy atom. The second-order valence-electron chi connectivity index (χ2n) is 9.38. The Balaban J connectivity index is 1.62. The predicted molar refractivity (Wildman–Crippen MR) is 158 cm³/mol. The first kappa shape index (κ1) is 27.6. The normalized spacial score (nSPS) is 11.1. The van der Waals surface area contributed by atoms with Gasteiger partial charge in [0.05, 0.1) is 17.8 Å². The van der Waals surface area contributed by atoms with Crippen LogP contribution in [0.25, 0.3) is 23.3 Å². The Morgan fingerprint density at radius 1 is 0.854 bits per heavy atom. The van der Waals surface area contributed by atoms with Crippen LogP contribution in [-0.2, 0) is 13.2 Å². The van der Waals surface area contributed by atoms with Crippen LogP contribution in [0.1, 0.15) is 27.9 Å². The molecule has 5 aromatic rings. The first-order valence-electron chi connectivity index (χ1n) is 13.2. The van der Waals surface area contributed by atoms with Crippen molar-refractivity contribution in [2.75, 3.05) is 6.79 Å². The van der Waals surface area contributed by atoms with Crippen molar-refractivity contribution in [3.63, 3.8) is 0 Å². The molecule has 0 fully saturated rings. The largest absolute Gasteiger partial charge is 0.488 e. The molecule has 0 atom stereocenters. The van der Waals surface area contributed by atoms with E-state index in [1.54, 1.807) is 36.4 Å². The first-order chi connectivity index (χ1) is 20.0. The van der Waals surface area contributed by atoms with E-state index in [2.05, 4.69) is 5.10 Å². The zero-order valence-electron chi connectivity index (χ0n) is 22.5. The molecule has 206 valence electrons. The Morgan fingerprint density at radius 2 is 1.59 bits per heavy atom. The highest BCUT2D eigenvalue weighted by Crippen LogP contribution is 2.34. The minimum atomic E-state index is -0.487. The molecule has 0 aliphatic rings. The van der Waals surface area contributed by atoms with Gasteiger partial charge in [-0.1, -0.05) is 84.9 Å². The lowest BCUT2D eigenvalue weighted by Gasteiger charge is -2.17. The molecule has 1 aromatic heterocycles. The van der Waals surface area contributed by atoms with Crippen LogP contribution in [-0.4, -0.2) is 21.7 Å². The number of ether oxygens (including phenoxy) is 2. The zero-order chi connectivity index (χ0) is 28.6. The Bertz CT molecular complexity index is 1730. The number of aryl methyl sites for hydroxylation is 1. The molecule has 4 aromatic carbocycles. The number of para-hydroxylation sites is 2. The molecule has 7 heteroatoms. The number of nitrogens with zero attached hydrogens (tertiary/aromatic N) is 2. The lowest BCUT2D eigenvalue weighted by Crippen LogP contribution is -2.27. The first-order valence-corrected chi connectivity index (χ1v) is 13.2. The molecule has 41 heavy (non-hydrogen) atoms. The van der Waals surface area contributed by atoms with Crippen LogP contribution in [0.15, 0.2) is 108 Å². The van der Waals surface area contributed by atoms with E-state index in [9.17, 15) is 14.3 Å². The third kappa shape index (κ3) is 6.59. The summed E-state index contributed by atoms with van der Waals surface area (Å²) in [6.45, 7) is 1.84. The van der Waals surface area contributed by atoms with E-state index < -0.39 is 6.79 Å². The number of halogens is 1. The standard InChI is InChI=1S/C34H29FN2O4/c1-24-33(29-15-6-8-17-32(29)40-22-26-10-3-2-4-11-26)30(19-18-25-12-9-14-28(35)20-25)34(39)37(36-24)21-27-13-5-7-16-31(27)41-23-38/h2-20,38H,21-23H2,1H3/b19-18+. The maximum Gasteiger partial charge on any atom is 0.274 e. The van der Waals surface area contributed by atoms with Gasteiger partial charge in [-0.25, -0.2) is 9.07 Å². The average Bonchev–Trinajstić information content (AvgIpc) is 2.99. The SMILES string of the molecule is Cc1nn(Cc2ccccc2OCO)c(=O)c(/C=C/c2cccc(F)c2)c1-c1ccccc1OCc1ccccc1. The van der Waals surface area contributed by atoms with Gasteiger partial charge in [-0.05, 0) is 48.4 Å². The van der Waals surface area contributed by atoms with Gasteiger partial charge in [0.2, 0.25) is 0 Å². The molecule has 0 aliphatic heterocycles. The van der Waals surface area contributed by atoms with Crippen LogP contribution in [0.5, 0.6) is 11.5 Å². The fourth-order valence-electron chi connectivity index (χ4n) is 4.65. The number of hydrogen-bond donors (Lipinski definition) is 1. The minimum Gasteiger partial charge on any atom is -0.488 e. The molecule has 0 spiro atoms. The van der Waals surface area contributed by atoms with Gasteiger partial charge >= 0.3 is 0 Å². The highest BCUT2D eigenvalue weighted by Gasteiger charge is 2.19. The van der Waals surface area contributed by atoms with E-state index in [1.165, 1.54) is 16.8 Å². The summed E-state index contributed by atoms with van der Waals surface area (Å²) in [4.78, 5) is 14.0. The van der Waals surface area contributed by atoms with Gasteiger partial charge in [0.15, 0.2) is 6.79 Å². The van der Waals surface area contributed by atoms with Gasteiger partial charge in [-0.15, -0.1) is 0 Å². The lowest BCUT2D eigenvalue weighted by molar-refractivity contribution is 0.0974. The summed E-state index contributed by atoms with van der Waals surface area (Å²) in [7, 11) is 0. The summed E-state index contributed by atoms with van der Waals surface area (Å²) < 4.78 is 26.9. The zero-order valence-corrected chi connectivity index (χ0v) is 22.5. The second kappa shape index (κ2) is 12.9. The number of rotatable bonds is 10. The second-order valence-corrected chi connectivity index (χ2v) is 9.38. The summed E-state index contributed by atoms with van der Waals surface area (Å²) in [6.07, 6.45) is 3.41. The van der Waals surface area contributed by atoms with E-state index in [0.717, 1.165) is 11.1 Å². The summed E-state index contributed by atoms with van der Waals surface area (Å²) in [6, 6.07) is 30.7. The molecule has 0 saturated heterocycles. The third-order valence-corrected chi connectivity index (χ3v) is 6.56. The number of aromatic nitrogens is 2. The van der Waals surface area contributed by atoms with E-state index in [0.29, 0.717) is 46.1 Å². The predicted octanol–water partition coefficient (Wildman–Crippen LogP) is 6.48. The van der Waals surface area contributed by atoms with Crippen LogP contribution in [0.2, 0.25) is 0 Å². The summed E-state index contributed by atoms with van der Waals surface area (Å²) in [5.41, 5.74) is 4.33. The van der Waals surface area contributed by atoms with E-state index in [-0.39, 0.29) is 17.9 Å². The smallest absolute Gasteiger partial charge is 0.274 e. The van der Waals surface area contributed by atoms with Gasteiger partial charge in [0.25, 0.3) is 5.56 Å².